The monoisotopic (exact) mass is 290 g/mol. The van der Waals surface area contributed by atoms with Crippen molar-refractivity contribution >= 4 is 12.9 Å². The molecule has 1 radical (unpaired) electrons. The van der Waals surface area contributed by atoms with Crippen molar-refractivity contribution in [3.63, 3.8) is 0 Å². The van der Waals surface area contributed by atoms with E-state index in [4.69, 9.17) is 4.65 Å². The highest BCUT2D eigenvalue weighted by Gasteiger charge is 2.35. The van der Waals surface area contributed by atoms with Crippen LogP contribution < -0.4 is 5.46 Å². The van der Waals surface area contributed by atoms with Crippen molar-refractivity contribution in [1.29, 1.82) is 0 Å². The van der Waals surface area contributed by atoms with Crippen LogP contribution in [0.25, 0.3) is 5.69 Å². The number of nitrogens with zero attached hydrogens (tertiary/aromatic N) is 3. The van der Waals surface area contributed by atoms with Gasteiger partial charge in [-0.25, -0.2) is 9.07 Å². The SMILES string of the molecule is CC(C)(O)C(C)(C)O[B]c1cnn(-c2cncc(F)c2)c1. The molecule has 2 aromatic heterocycles. The van der Waals surface area contributed by atoms with Gasteiger partial charge in [-0.2, -0.15) is 5.10 Å². The van der Waals surface area contributed by atoms with E-state index in [2.05, 4.69) is 10.1 Å². The number of pyridine rings is 1. The van der Waals surface area contributed by atoms with Gasteiger partial charge in [-0.15, -0.1) is 0 Å². The predicted octanol–water partition coefficient (Wildman–Crippen LogP) is 1.22. The van der Waals surface area contributed by atoms with Crippen LogP contribution in [0.1, 0.15) is 27.7 Å². The van der Waals surface area contributed by atoms with Gasteiger partial charge in [0.15, 0.2) is 0 Å². The zero-order valence-corrected chi connectivity index (χ0v) is 12.5. The Bertz CT molecular complexity index is 623. The Morgan fingerprint density at radius 2 is 1.95 bits per heavy atom. The van der Waals surface area contributed by atoms with Crippen LogP contribution in [0, 0.1) is 5.82 Å². The number of halogens is 1. The van der Waals surface area contributed by atoms with Crippen LogP contribution in [-0.4, -0.2) is 38.6 Å². The van der Waals surface area contributed by atoms with Crippen LogP contribution in [0.15, 0.2) is 30.9 Å². The van der Waals surface area contributed by atoms with Crippen LogP contribution in [0.2, 0.25) is 0 Å². The summed E-state index contributed by atoms with van der Waals surface area (Å²) in [5, 5.41) is 14.1. The van der Waals surface area contributed by atoms with Crippen molar-refractivity contribution in [1.82, 2.24) is 14.8 Å². The Labute approximate surface area is 124 Å². The lowest BCUT2D eigenvalue weighted by atomic mass is 9.84. The molecule has 0 aliphatic carbocycles. The molecule has 0 saturated carbocycles. The van der Waals surface area contributed by atoms with Crippen LogP contribution in [0.4, 0.5) is 4.39 Å². The maximum atomic E-state index is 13.1. The van der Waals surface area contributed by atoms with E-state index in [-0.39, 0.29) is 0 Å². The number of hydrogen-bond donors (Lipinski definition) is 1. The fourth-order valence-electron chi connectivity index (χ4n) is 1.42. The van der Waals surface area contributed by atoms with E-state index in [0.29, 0.717) is 11.2 Å². The minimum absolute atomic E-state index is 0.423. The van der Waals surface area contributed by atoms with Gasteiger partial charge in [0.25, 0.3) is 0 Å². The lowest BCUT2D eigenvalue weighted by molar-refractivity contribution is -0.0893. The molecule has 0 aliphatic heterocycles. The van der Waals surface area contributed by atoms with Crippen LogP contribution in [0.5, 0.6) is 0 Å². The van der Waals surface area contributed by atoms with Gasteiger partial charge in [0.2, 0.25) is 0 Å². The van der Waals surface area contributed by atoms with Gasteiger partial charge in [-0.3, -0.25) is 4.98 Å². The van der Waals surface area contributed by atoms with Crippen molar-refractivity contribution in [2.75, 3.05) is 0 Å². The van der Waals surface area contributed by atoms with Gasteiger partial charge in [0.1, 0.15) is 5.82 Å². The molecule has 0 aromatic carbocycles. The average molecular weight is 290 g/mol. The molecular formula is C14H18BFN3O2. The normalized spacial score (nSPS) is 12.5. The van der Waals surface area contributed by atoms with E-state index in [1.165, 1.54) is 24.4 Å². The van der Waals surface area contributed by atoms with Gasteiger partial charge in [-0.1, -0.05) is 0 Å². The van der Waals surface area contributed by atoms with Crippen LogP contribution >= 0.6 is 0 Å². The highest BCUT2D eigenvalue weighted by molar-refractivity contribution is 6.46. The summed E-state index contributed by atoms with van der Waals surface area (Å²) in [4.78, 5) is 3.78. The second-order valence-corrected chi connectivity index (χ2v) is 5.88. The summed E-state index contributed by atoms with van der Waals surface area (Å²) in [6.07, 6.45) is 5.93. The quantitative estimate of drug-likeness (QED) is 0.841. The molecule has 2 heterocycles. The molecule has 111 valence electrons. The molecule has 7 heteroatoms. The molecule has 0 unspecified atom stereocenters. The smallest absolute Gasteiger partial charge is 0.334 e. The van der Waals surface area contributed by atoms with Crippen molar-refractivity contribution in [2.45, 2.75) is 38.9 Å². The van der Waals surface area contributed by atoms with E-state index in [0.717, 1.165) is 6.20 Å². The van der Waals surface area contributed by atoms with E-state index in [1.54, 1.807) is 40.1 Å². The molecule has 2 aromatic rings. The minimum Gasteiger partial charge on any atom is -0.427 e. The second-order valence-electron chi connectivity index (χ2n) is 5.88. The molecule has 0 aliphatic rings. The second kappa shape index (κ2) is 5.58. The molecule has 0 saturated heterocycles. The molecule has 1 N–H and O–H groups in total. The number of aromatic nitrogens is 3. The third-order valence-electron chi connectivity index (χ3n) is 3.52. The predicted molar refractivity (Wildman–Crippen MR) is 78.2 cm³/mol. The highest BCUT2D eigenvalue weighted by Crippen LogP contribution is 2.24. The maximum Gasteiger partial charge on any atom is 0.334 e. The lowest BCUT2D eigenvalue weighted by Gasteiger charge is -2.37. The number of rotatable bonds is 5. The van der Waals surface area contributed by atoms with Gasteiger partial charge in [0.05, 0.1) is 29.3 Å². The van der Waals surface area contributed by atoms with E-state index >= 15 is 0 Å². The Hall–Kier alpha value is -1.73. The number of hydrogen-bond acceptors (Lipinski definition) is 4. The molecule has 21 heavy (non-hydrogen) atoms. The first-order valence-corrected chi connectivity index (χ1v) is 6.58. The molecule has 0 atom stereocenters. The zero-order chi connectivity index (χ0) is 15.7. The first-order chi connectivity index (χ1) is 9.69. The fourth-order valence-corrected chi connectivity index (χ4v) is 1.42. The Kier molecular flexibility index (Phi) is 4.16. The summed E-state index contributed by atoms with van der Waals surface area (Å²) >= 11 is 0. The third-order valence-corrected chi connectivity index (χ3v) is 3.52. The first kappa shape index (κ1) is 15.7. The van der Waals surface area contributed by atoms with Crippen LogP contribution in [-0.2, 0) is 4.65 Å². The zero-order valence-electron chi connectivity index (χ0n) is 12.5. The van der Waals surface area contributed by atoms with Gasteiger partial charge in [-0.05, 0) is 33.2 Å². The van der Waals surface area contributed by atoms with E-state index in [9.17, 15) is 9.50 Å². The molecule has 0 fully saturated rings. The standard InChI is InChI=1S/C14H18BFN3O2/c1-13(2,20)14(3,4)21-15-10-6-18-19(9-10)12-5-11(16)7-17-8-12/h5-9,20H,1-4H3. The molecule has 5 nitrogen and oxygen atoms in total. The Morgan fingerprint density at radius 1 is 1.24 bits per heavy atom. The lowest BCUT2D eigenvalue weighted by Crippen LogP contribution is -2.49. The molecule has 0 amide bonds. The summed E-state index contributed by atoms with van der Waals surface area (Å²) in [5.41, 5.74) is -0.519. The van der Waals surface area contributed by atoms with Crippen molar-refractivity contribution in [3.8, 4) is 5.69 Å². The topological polar surface area (TPSA) is 60.2 Å². The summed E-state index contributed by atoms with van der Waals surface area (Å²) in [6.45, 7) is 6.96. The summed E-state index contributed by atoms with van der Waals surface area (Å²) < 4.78 is 20.3. The fraction of sp³-hybridized carbons (Fsp3) is 0.429. The molecule has 0 spiro atoms. The Morgan fingerprint density at radius 3 is 2.57 bits per heavy atom. The minimum atomic E-state index is -0.994. The summed E-state index contributed by atoms with van der Waals surface area (Å²) in [7, 11) is 1.52. The highest BCUT2D eigenvalue weighted by atomic mass is 19.1. The van der Waals surface area contributed by atoms with Gasteiger partial charge >= 0.3 is 7.48 Å². The van der Waals surface area contributed by atoms with Gasteiger partial charge < -0.3 is 9.76 Å². The molecular weight excluding hydrogens is 272 g/mol. The molecule has 2 rings (SSSR count). The first-order valence-electron chi connectivity index (χ1n) is 6.58. The average Bonchev–Trinajstić information content (AvgIpc) is 2.84. The van der Waals surface area contributed by atoms with Crippen molar-refractivity contribution < 1.29 is 14.2 Å². The van der Waals surface area contributed by atoms with Crippen LogP contribution in [0.3, 0.4) is 0 Å². The van der Waals surface area contributed by atoms with Gasteiger partial charge in [0, 0.05) is 18.5 Å². The summed E-state index contributed by atoms with van der Waals surface area (Å²) in [6, 6.07) is 1.34. The largest absolute Gasteiger partial charge is 0.427 e. The summed E-state index contributed by atoms with van der Waals surface area (Å²) in [5.74, 6) is -0.423. The molecule has 0 bridgehead atoms. The maximum absolute atomic E-state index is 13.1. The number of aliphatic hydroxyl groups is 1. The third kappa shape index (κ3) is 3.68. The van der Waals surface area contributed by atoms with E-state index in [1.807, 2.05) is 0 Å². The van der Waals surface area contributed by atoms with Crippen molar-refractivity contribution in [2.24, 2.45) is 0 Å². The van der Waals surface area contributed by atoms with E-state index < -0.39 is 17.0 Å². The Balaban J connectivity index is 2.08. The van der Waals surface area contributed by atoms with Crippen molar-refractivity contribution in [3.05, 3.63) is 36.7 Å².